The first-order chi connectivity index (χ1) is 8.56. The number of rotatable bonds is 4. The topological polar surface area (TPSA) is 74.6 Å². The van der Waals surface area contributed by atoms with Gasteiger partial charge >= 0.3 is 11.9 Å². The number of carboxylic acids is 2. The Morgan fingerprint density at radius 3 is 2.50 bits per heavy atom. The Kier molecular flexibility index (Phi) is 4.94. The van der Waals surface area contributed by atoms with Crippen LogP contribution >= 0.6 is 0 Å². The number of benzene rings is 1. The average Bonchev–Trinajstić information content (AvgIpc) is 2.34. The number of hydrogen-bond donors (Lipinski definition) is 2. The molecule has 1 rings (SSSR count). The zero-order valence-electron chi connectivity index (χ0n) is 10.1. The lowest BCUT2D eigenvalue weighted by Crippen LogP contribution is -2.04. The van der Waals surface area contributed by atoms with Crippen molar-refractivity contribution in [2.45, 2.75) is 26.2 Å². The summed E-state index contributed by atoms with van der Waals surface area (Å²) in [5, 5.41) is 17.8. The van der Waals surface area contributed by atoms with Crippen LogP contribution in [0.25, 0.3) is 0 Å². The third-order valence-electron chi connectivity index (χ3n) is 2.38. The van der Waals surface area contributed by atoms with Gasteiger partial charge in [-0.2, -0.15) is 0 Å². The highest BCUT2D eigenvalue weighted by atomic mass is 16.4. The van der Waals surface area contributed by atoms with Gasteiger partial charge in [-0.05, 0) is 24.6 Å². The van der Waals surface area contributed by atoms with Gasteiger partial charge in [0.25, 0.3) is 0 Å². The van der Waals surface area contributed by atoms with Gasteiger partial charge in [0.05, 0.1) is 11.1 Å². The predicted octanol–water partition coefficient (Wildman–Crippen LogP) is 2.62. The Bertz CT molecular complexity index is 520. The summed E-state index contributed by atoms with van der Waals surface area (Å²) in [6.45, 7) is 2.05. The van der Waals surface area contributed by atoms with Gasteiger partial charge in [-0.3, -0.25) is 0 Å². The second kappa shape index (κ2) is 6.45. The lowest BCUT2D eigenvalue weighted by atomic mass is 10.0. The number of aromatic carboxylic acids is 2. The van der Waals surface area contributed by atoms with Crippen LogP contribution in [0.4, 0.5) is 0 Å². The third kappa shape index (κ3) is 3.63. The fourth-order valence-electron chi connectivity index (χ4n) is 1.39. The van der Waals surface area contributed by atoms with E-state index in [4.69, 9.17) is 10.2 Å². The van der Waals surface area contributed by atoms with Crippen LogP contribution in [0.2, 0.25) is 0 Å². The monoisotopic (exact) mass is 246 g/mol. The van der Waals surface area contributed by atoms with Crippen molar-refractivity contribution in [1.82, 2.24) is 0 Å². The molecule has 4 nitrogen and oxygen atoms in total. The minimum Gasteiger partial charge on any atom is -0.478 e. The molecule has 0 bridgehead atoms. The third-order valence-corrected chi connectivity index (χ3v) is 2.38. The molecule has 0 aromatic heterocycles. The van der Waals surface area contributed by atoms with E-state index in [0.717, 1.165) is 18.9 Å². The number of carbonyl (C=O) groups is 2. The molecule has 1 aromatic carbocycles. The molecule has 1 aromatic rings. The Labute approximate surface area is 105 Å². The van der Waals surface area contributed by atoms with E-state index in [2.05, 4.69) is 11.8 Å². The minimum absolute atomic E-state index is 0.0495. The quantitative estimate of drug-likeness (QED) is 0.632. The van der Waals surface area contributed by atoms with Crippen molar-refractivity contribution in [3.8, 4) is 11.8 Å². The van der Waals surface area contributed by atoms with Crippen LogP contribution in [-0.4, -0.2) is 22.2 Å². The van der Waals surface area contributed by atoms with Gasteiger partial charge in [0.15, 0.2) is 0 Å². The molecule has 0 unspecified atom stereocenters. The van der Waals surface area contributed by atoms with E-state index in [1.807, 2.05) is 6.92 Å². The van der Waals surface area contributed by atoms with E-state index in [1.54, 1.807) is 0 Å². The highest BCUT2D eigenvalue weighted by Crippen LogP contribution is 2.12. The molecule has 0 atom stereocenters. The van der Waals surface area contributed by atoms with E-state index in [1.165, 1.54) is 12.1 Å². The maximum Gasteiger partial charge on any atom is 0.336 e. The maximum atomic E-state index is 11.0. The molecule has 0 aliphatic heterocycles. The van der Waals surface area contributed by atoms with E-state index in [-0.39, 0.29) is 11.1 Å². The molecule has 0 saturated carbocycles. The van der Waals surface area contributed by atoms with E-state index in [9.17, 15) is 9.59 Å². The summed E-state index contributed by atoms with van der Waals surface area (Å²) in [4.78, 5) is 21.8. The maximum absolute atomic E-state index is 11.0. The lowest BCUT2D eigenvalue weighted by molar-refractivity contribution is 0.0695. The molecule has 0 heterocycles. The number of carboxylic acid groups (broad SMARTS) is 2. The summed E-state index contributed by atoms with van der Waals surface area (Å²) in [6.07, 6.45) is 2.69. The van der Waals surface area contributed by atoms with E-state index >= 15 is 0 Å². The predicted molar refractivity (Wildman–Crippen MR) is 66.8 cm³/mol. The summed E-state index contributed by atoms with van der Waals surface area (Å²) >= 11 is 0. The molecular formula is C14H14O4. The van der Waals surface area contributed by atoms with Crippen molar-refractivity contribution in [2.24, 2.45) is 0 Å². The van der Waals surface area contributed by atoms with Gasteiger partial charge in [-0.25, -0.2) is 9.59 Å². The molecule has 0 fully saturated rings. The first-order valence-corrected chi connectivity index (χ1v) is 5.65. The van der Waals surface area contributed by atoms with Gasteiger partial charge in [0, 0.05) is 12.0 Å². The Hall–Kier alpha value is -2.28. The first kappa shape index (κ1) is 13.8. The summed E-state index contributed by atoms with van der Waals surface area (Å²) in [7, 11) is 0. The van der Waals surface area contributed by atoms with Crippen LogP contribution in [0.1, 0.15) is 52.5 Å². The van der Waals surface area contributed by atoms with Crippen molar-refractivity contribution in [1.29, 1.82) is 0 Å². The second-order valence-electron chi connectivity index (χ2n) is 3.78. The molecule has 94 valence electrons. The Morgan fingerprint density at radius 2 is 1.94 bits per heavy atom. The Balaban J connectivity index is 3.07. The van der Waals surface area contributed by atoms with Gasteiger partial charge in [-0.15, -0.1) is 0 Å². The van der Waals surface area contributed by atoms with Gasteiger partial charge < -0.3 is 10.2 Å². The van der Waals surface area contributed by atoms with Crippen molar-refractivity contribution in [3.05, 3.63) is 34.9 Å². The fourth-order valence-corrected chi connectivity index (χ4v) is 1.39. The highest BCUT2D eigenvalue weighted by Gasteiger charge is 2.12. The SMILES string of the molecule is CCCCC#Cc1ccc(C(=O)O)cc1C(=O)O. The number of unbranched alkanes of at least 4 members (excludes halogenated alkanes) is 2. The molecule has 4 heteroatoms. The number of hydrogen-bond acceptors (Lipinski definition) is 2. The molecule has 0 amide bonds. The zero-order chi connectivity index (χ0) is 13.5. The summed E-state index contributed by atoms with van der Waals surface area (Å²) in [6, 6.07) is 3.93. The fraction of sp³-hybridized carbons (Fsp3) is 0.286. The van der Waals surface area contributed by atoms with Crippen molar-refractivity contribution in [2.75, 3.05) is 0 Å². The summed E-state index contributed by atoms with van der Waals surface area (Å²) < 4.78 is 0. The highest BCUT2D eigenvalue weighted by molar-refractivity contribution is 5.95. The summed E-state index contributed by atoms with van der Waals surface area (Å²) in [5.74, 6) is 3.34. The van der Waals surface area contributed by atoms with Crippen molar-refractivity contribution in [3.63, 3.8) is 0 Å². The second-order valence-corrected chi connectivity index (χ2v) is 3.78. The van der Waals surface area contributed by atoms with Crippen LogP contribution in [0.3, 0.4) is 0 Å². The van der Waals surface area contributed by atoms with Crippen LogP contribution in [0.15, 0.2) is 18.2 Å². The van der Waals surface area contributed by atoms with Gasteiger partial charge in [0.1, 0.15) is 0 Å². The molecule has 18 heavy (non-hydrogen) atoms. The molecular weight excluding hydrogens is 232 g/mol. The minimum atomic E-state index is -1.17. The van der Waals surface area contributed by atoms with E-state index < -0.39 is 11.9 Å². The van der Waals surface area contributed by atoms with Crippen LogP contribution in [0.5, 0.6) is 0 Å². The normalized spacial score (nSPS) is 9.39. The largest absolute Gasteiger partial charge is 0.478 e. The van der Waals surface area contributed by atoms with Crippen molar-refractivity contribution < 1.29 is 19.8 Å². The summed E-state index contributed by atoms with van der Waals surface area (Å²) in [5.41, 5.74) is 0.231. The lowest BCUT2D eigenvalue weighted by Gasteiger charge is -2.01. The van der Waals surface area contributed by atoms with Crippen LogP contribution in [0, 0.1) is 11.8 Å². The van der Waals surface area contributed by atoms with Gasteiger partial charge in [0.2, 0.25) is 0 Å². The van der Waals surface area contributed by atoms with Crippen molar-refractivity contribution >= 4 is 11.9 Å². The smallest absolute Gasteiger partial charge is 0.336 e. The molecule has 0 spiro atoms. The van der Waals surface area contributed by atoms with Crippen LogP contribution < -0.4 is 0 Å². The van der Waals surface area contributed by atoms with Crippen LogP contribution in [-0.2, 0) is 0 Å². The van der Waals surface area contributed by atoms with Gasteiger partial charge in [-0.1, -0.05) is 25.2 Å². The molecule has 0 aliphatic rings. The van der Waals surface area contributed by atoms with E-state index in [0.29, 0.717) is 12.0 Å². The molecule has 0 saturated heterocycles. The molecule has 0 radical (unpaired) electrons. The Morgan fingerprint density at radius 1 is 1.22 bits per heavy atom. The zero-order valence-corrected chi connectivity index (χ0v) is 10.1. The molecule has 2 N–H and O–H groups in total. The molecule has 0 aliphatic carbocycles. The average molecular weight is 246 g/mol. The standard InChI is InChI=1S/C14H14O4/c1-2-3-4-5-6-10-7-8-11(13(15)16)9-12(10)14(17)18/h7-9H,2-4H2,1H3,(H,15,16)(H,17,18). The first-order valence-electron chi connectivity index (χ1n) is 5.65.